The Hall–Kier alpha value is -1.06. The first-order chi connectivity index (χ1) is 8.61. The van der Waals surface area contributed by atoms with Gasteiger partial charge in [0.25, 0.3) is 0 Å². The predicted molar refractivity (Wildman–Crippen MR) is 77.1 cm³/mol. The van der Waals surface area contributed by atoms with E-state index in [-0.39, 0.29) is 6.04 Å². The van der Waals surface area contributed by atoms with Crippen LogP contribution in [0.25, 0.3) is 0 Å². The summed E-state index contributed by atoms with van der Waals surface area (Å²) in [7, 11) is 4.15. The molecule has 18 heavy (non-hydrogen) atoms. The molecule has 0 amide bonds. The molecule has 0 bridgehead atoms. The summed E-state index contributed by atoms with van der Waals surface area (Å²) in [5, 5.41) is 0. The summed E-state index contributed by atoms with van der Waals surface area (Å²) in [5.74, 6) is 0.953. The maximum Gasteiger partial charge on any atom is 0.119 e. The molecule has 1 aromatic carbocycles. The molecule has 0 aliphatic carbocycles. The topological polar surface area (TPSA) is 38.5 Å². The Balaban J connectivity index is 2.39. The highest BCUT2D eigenvalue weighted by Crippen LogP contribution is 2.15. The number of rotatable bonds is 8. The molecule has 0 radical (unpaired) electrons. The molecule has 102 valence electrons. The molecule has 0 aliphatic rings. The second kappa shape index (κ2) is 8.11. The highest BCUT2D eigenvalue weighted by molar-refractivity contribution is 5.29. The minimum absolute atomic E-state index is 0.244. The summed E-state index contributed by atoms with van der Waals surface area (Å²) in [5.41, 5.74) is 7.22. The number of benzene rings is 1. The molecule has 2 N–H and O–H groups in total. The molecule has 0 saturated heterocycles. The zero-order valence-electron chi connectivity index (χ0n) is 11.9. The summed E-state index contributed by atoms with van der Waals surface area (Å²) >= 11 is 0. The molecule has 1 atom stereocenters. The summed E-state index contributed by atoms with van der Waals surface area (Å²) in [4.78, 5) is 2.17. The first kappa shape index (κ1) is 15.0. The van der Waals surface area contributed by atoms with Crippen LogP contribution < -0.4 is 10.5 Å². The average molecular weight is 250 g/mol. The third-order valence-corrected chi connectivity index (χ3v) is 2.94. The van der Waals surface area contributed by atoms with Crippen LogP contribution in [0.3, 0.4) is 0 Å². The number of nitrogens with zero attached hydrogens (tertiary/aromatic N) is 1. The van der Waals surface area contributed by atoms with Crippen molar-refractivity contribution in [3.63, 3.8) is 0 Å². The molecule has 0 aliphatic heterocycles. The van der Waals surface area contributed by atoms with Crippen molar-refractivity contribution in [3.8, 4) is 5.75 Å². The normalized spacial score (nSPS) is 12.7. The molecule has 0 heterocycles. The molecule has 3 nitrogen and oxygen atoms in total. The molecule has 0 spiro atoms. The van der Waals surface area contributed by atoms with Gasteiger partial charge in [0.1, 0.15) is 5.75 Å². The van der Waals surface area contributed by atoms with Crippen molar-refractivity contribution in [2.75, 3.05) is 27.2 Å². The lowest BCUT2D eigenvalue weighted by molar-refractivity contribution is 0.281. The van der Waals surface area contributed by atoms with Gasteiger partial charge >= 0.3 is 0 Å². The van der Waals surface area contributed by atoms with Crippen LogP contribution >= 0.6 is 0 Å². The second-order valence-corrected chi connectivity index (χ2v) is 5.03. The average Bonchev–Trinajstić information content (AvgIpc) is 2.35. The Morgan fingerprint density at radius 1 is 1.33 bits per heavy atom. The van der Waals surface area contributed by atoms with E-state index in [1.165, 1.54) is 5.56 Å². The Kier molecular flexibility index (Phi) is 6.76. The summed E-state index contributed by atoms with van der Waals surface area (Å²) in [6, 6.07) is 8.51. The van der Waals surface area contributed by atoms with Crippen LogP contribution in [0.15, 0.2) is 24.3 Å². The van der Waals surface area contributed by atoms with Crippen LogP contribution in [-0.2, 0) is 6.42 Å². The molecule has 1 unspecified atom stereocenters. The smallest absolute Gasteiger partial charge is 0.119 e. The Morgan fingerprint density at radius 2 is 2.11 bits per heavy atom. The Morgan fingerprint density at radius 3 is 2.78 bits per heavy atom. The van der Waals surface area contributed by atoms with Gasteiger partial charge in [-0.15, -0.1) is 0 Å². The molecule has 1 rings (SSSR count). The van der Waals surface area contributed by atoms with E-state index >= 15 is 0 Å². The number of nitrogens with two attached hydrogens (primary N) is 1. The van der Waals surface area contributed by atoms with Crippen molar-refractivity contribution in [1.82, 2.24) is 4.90 Å². The highest BCUT2D eigenvalue weighted by Gasteiger charge is 2.02. The van der Waals surface area contributed by atoms with Gasteiger partial charge in [0.15, 0.2) is 0 Å². The quantitative estimate of drug-likeness (QED) is 0.719. The first-order valence-electron chi connectivity index (χ1n) is 6.74. The van der Waals surface area contributed by atoms with Gasteiger partial charge in [-0.1, -0.05) is 19.1 Å². The minimum atomic E-state index is 0.244. The van der Waals surface area contributed by atoms with E-state index in [2.05, 4.69) is 38.1 Å². The van der Waals surface area contributed by atoms with E-state index < -0.39 is 0 Å². The molecular formula is C15H26N2O. The lowest BCUT2D eigenvalue weighted by Crippen LogP contribution is -2.21. The van der Waals surface area contributed by atoms with E-state index in [0.29, 0.717) is 0 Å². The number of hydrogen-bond donors (Lipinski definition) is 1. The van der Waals surface area contributed by atoms with Gasteiger partial charge in [0.2, 0.25) is 0 Å². The van der Waals surface area contributed by atoms with Crippen LogP contribution in [0.2, 0.25) is 0 Å². The van der Waals surface area contributed by atoms with Gasteiger partial charge in [-0.05, 0) is 51.1 Å². The van der Waals surface area contributed by atoms with Crippen LogP contribution in [-0.4, -0.2) is 38.2 Å². The fraction of sp³-hybridized carbons (Fsp3) is 0.600. The number of hydrogen-bond acceptors (Lipinski definition) is 3. The van der Waals surface area contributed by atoms with E-state index in [1.807, 2.05) is 12.1 Å². The minimum Gasteiger partial charge on any atom is -0.494 e. The van der Waals surface area contributed by atoms with Crippen molar-refractivity contribution in [2.24, 2.45) is 5.73 Å². The summed E-state index contributed by atoms with van der Waals surface area (Å²) in [6.07, 6.45) is 2.98. The van der Waals surface area contributed by atoms with Crippen molar-refractivity contribution in [1.29, 1.82) is 0 Å². The van der Waals surface area contributed by atoms with E-state index in [4.69, 9.17) is 10.5 Å². The Labute approximate surface area is 111 Å². The van der Waals surface area contributed by atoms with Crippen LogP contribution in [0.5, 0.6) is 5.75 Å². The van der Waals surface area contributed by atoms with E-state index in [9.17, 15) is 0 Å². The van der Waals surface area contributed by atoms with Gasteiger partial charge in [0.05, 0.1) is 6.61 Å². The van der Waals surface area contributed by atoms with E-state index in [0.717, 1.165) is 38.2 Å². The van der Waals surface area contributed by atoms with Gasteiger partial charge in [-0.2, -0.15) is 0 Å². The molecular weight excluding hydrogens is 224 g/mol. The van der Waals surface area contributed by atoms with Crippen LogP contribution in [0, 0.1) is 0 Å². The molecule has 0 saturated carbocycles. The van der Waals surface area contributed by atoms with Crippen molar-refractivity contribution < 1.29 is 4.74 Å². The van der Waals surface area contributed by atoms with E-state index in [1.54, 1.807) is 0 Å². The Bertz CT molecular complexity index is 339. The van der Waals surface area contributed by atoms with Gasteiger partial charge in [-0.3, -0.25) is 0 Å². The maximum atomic E-state index is 5.96. The highest BCUT2D eigenvalue weighted by atomic mass is 16.5. The van der Waals surface area contributed by atoms with Gasteiger partial charge in [0, 0.05) is 12.6 Å². The summed E-state index contributed by atoms with van der Waals surface area (Å²) in [6.45, 7) is 3.94. The fourth-order valence-electron chi connectivity index (χ4n) is 1.78. The largest absolute Gasteiger partial charge is 0.494 e. The van der Waals surface area contributed by atoms with Crippen molar-refractivity contribution >= 4 is 0 Å². The predicted octanol–water partition coefficient (Wildman–Crippen LogP) is 2.30. The van der Waals surface area contributed by atoms with Crippen LogP contribution in [0.1, 0.15) is 25.3 Å². The second-order valence-electron chi connectivity index (χ2n) is 5.03. The first-order valence-corrected chi connectivity index (χ1v) is 6.74. The van der Waals surface area contributed by atoms with Crippen molar-refractivity contribution in [3.05, 3.63) is 29.8 Å². The van der Waals surface area contributed by atoms with Gasteiger partial charge in [-0.25, -0.2) is 0 Å². The molecule has 3 heteroatoms. The maximum absolute atomic E-state index is 5.96. The monoisotopic (exact) mass is 250 g/mol. The third kappa shape index (κ3) is 6.03. The molecule has 1 aromatic rings. The molecule has 0 fully saturated rings. The fourth-order valence-corrected chi connectivity index (χ4v) is 1.78. The zero-order chi connectivity index (χ0) is 13.4. The summed E-state index contributed by atoms with van der Waals surface area (Å²) < 4.78 is 5.74. The number of ether oxygens (including phenoxy) is 1. The lowest BCUT2D eigenvalue weighted by Gasteiger charge is -2.12. The third-order valence-electron chi connectivity index (χ3n) is 2.94. The lowest BCUT2D eigenvalue weighted by atomic mass is 10.0. The SMILES string of the molecule is CCC(N)Cc1cccc(OCCCN(C)C)c1. The molecule has 0 aromatic heterocycles. The van der Waals surface area contributed by atoms with Crippen LogP contribution in [0.4, 0.5) is 0 Å². The van der Waals surface area contributed by atoms with Crippen molar-refractivity contribution in [2.45, 2.75) is 32.2 Å². The zero-order valence-corrected chi connectivity index (χ0v) is 11.9. The van der Waals surface area contributed by atoms with Gasteiger partial charge < -0.3 is 15.4 Å². The standard InChI is InChI=1S/C15H26N2O/c1-4-14(16)11-13-7-5-8-15(12-13)18-10-6-9-17(2)3/h5,7-8,12,14H,4,6,9-11,16H2,1-3H3.